The molecular formula is C22H23N5O4S. The summed E-state index contributed by atoms with van der Waals surface area (Å²) < 4.78 is 28.4. The molecule has 0 radical (unpaired) electrons. The molecule has 0 unspecified atom stereocenters. The van der Waals surface area contributed by atoms with Gasteiger partial charge in [-0.15, -0.1) is 0 Å². The van der Waals surface area contributed by atoms with Crippen LogP contribution in [0.3, 0.4) is 0 Å². The highest BCUT2D eigenvalue weighted by Gasteiger charge is 2.26. The fourth-order valence-electron chi connectivity index (χ4n) is 3.65. The van der Waals surface area contributed by atoms with Crippen molar-refractivity contribution in [3.8, 4) is 0 Å². The van der Waals surface area contributed by atoms with Gasteiger partial charge in [-0.2, -0.15) is 0 Å². The van der Waals surface area contributed by atoms with Crippen molar-refractivity contribution in [2.45, 2.75) is 11.3 Å². The molecule has 9 nitrogen and oxygen atoms in total. The first-order valence-corrected chi connectivity index (χ1v) is 11.5. The molecule has 1 saturated heterocycles. The van der Waals surface area contributed by atoms with Gasteiger partial charge in [0.05, 0.1) is 10.5 Å². The molecule has 0 aliphatic carbocycles. The monoisotopic (exact) mass is 453 g/mol. The molecule has 3 aromatic rings. The van der Waals surface area contributed by atoms with Crippen LogP contribution in [-0.4, -0.2) is 49.1 Å². The van der Waals surface area contributed by atoms with Crippen molar-refractivity contribution in [1.29, 1.82) is 0 Å². The first-order chi connectivity index (χ1) is 15.4. The molecule has 166 valence electrons. The maximum absolute atomic E-state index is 12.9. The largest absolute Gasteiger partial charge is 0.340 e. The van der Waals surface area contributed by atoms with E-state index in [-0.39, 0.29) is 22.9 Å². The van der Waals surface area contributed by atoms with E-state index in [1.807, 2.05) is 29.2 Å². The fourth-order valence-corrected chi connectivity index (χ4v) is 4.77. The Morgan fingerprint density at radius 3 is 2.59 bits per heavy atom. The van der Waals surface area contributed by atoms with Crippen LogP contribution in [0.25, 0.3) is 10.8 Å². The Bertz CT molecular complexity index is 1260. The van der Waals surface area contributed by atoms with E-state index in [2.05, 4.69) is 21.3 Å². The number of aromatic nitrogens is 2. The Morgan fingerprint density at radius 2 is 1.88 bits per heavy atom. The van der Waals surface area contributed by atoms with Crippen LogP contribution in [0.2, 0.25) is 0 Å². The van der Waals surface area contributed by atoms with Gasteiger partial charge in [-0.1, -0.05) is 42.5 Å². The van der Waals surface area contributed by atoms with Crippen molar-refractivity contribution >= 4 is 32.7 Å². The second-order valence-corrected chi connectivity index (χ2v) is 9.39. The number of rotatable bonds is 6. The van der Waals surface area contributed by atoms with E-state index in [0.29, 0.717) is 25.5 Å². The summed E-state index contributed by atoms with van der Waals surface area (Å²) in [6.45, 7) is 5.44. The van der Waals surface area contributed by atoms with Crippen LogP contribution in [0.5, 0.6) is 0 Å². The SMILES string of the molecule is C=C1CCN(c2ncc(C(=O)NO)cn2)C[C@H]1CNS(=O)(=O)c1ccc2ccccc2c1. The summed E-state index contributed by atoms with van der Waals surface area (Å²) >= 11 is 0. The Balaban J connectivity index is 1.44. The molecule has 32 heavy (non-hydrogen) atoms. The first kappa shape index (κ1) is 21.9. The molecule has 1 atom stereocenters. The van der Waals surface area contributed by atoms with Crippen LogP contribution >= 0.6 is 0 Å². The molecule has 10 heteroatoms. The van der Waals surface area contributed by atoms with E-state index < -0.39 is 15.9 Å². The molecule has 1 aromatic heterocycles. The molecule has 4 rings (SSSR count). The van der Waals surface area contributed by atoms with Crippen LogP contribution < -0.4 is 15.1 Å². The number of hydroxylamine groups is 1. The maximum Gasteiger partial charge on any atom is 0.277 e. The van der Waals surface area contributed by atoms with Gasteiger partial charge < -0.3 is 4.90 Å². The van der Waals surface area contributed by atoms with Crippen molar-refractivity contribution in [3.63, 3.8) is 0 Å². The third-order valence-electron chi connectivity index (χ3n) is 5.56. The zero-order valence-electron chi connectivity index (χ0n) is 17.2. The van der Waals surface area contributed by atoms with E-state index in [0.717, 1.165) is 16.3 Å². The number of carbonyl (C=O) groups is 1. The minimum absolute atomic E-state index is 0.122. The van der Waals surface area contributed by atoms with Crippen molar-refractivity contribution in [2.75, 3.05) is 24.5 Å². The summed E-state index contributed by atoms with van der Waals surface area (Å²) in [4.78, 5) is 22.0. The number of hydrogen-bond donors (Lipinski definition) is 3. The molecule has 1 amide bonds. The molecule has 2 aromatic carbocycles. The van der Waals surface area contributed by atoms with Crippen LogP contribution in [0, 0.1) is 5.92 Å². The topological polar surface area (TPSA) is 125 Å². The van der Waals surface area contributed by atoms with Gasteiger partial charge >= 0.3 is 0 Å². The van der Waals surface area contributed by atoms with Gasteiger partial charge in [0, 0.05) is 37.9 Å². The highest BCUT2D eigenvalue weighted by molar-refractivity contribution is 7.89. The number of nitrogens with zero attached hydrogens (tertiary/aromatic N) is 3. The summed E-state index contributed by atoms with van der Waals surface area (Å²) in [7, 11) is -3.68. The third kappa shape index (κ3) is 4.62. The van der Waals surface area contributed by atoms with Crippen molar-refractivity contribution in [3.05, 3.63) is 72.6 Å². The second-order valence-electron chi connectivity index (χ2n) is 7.62. The van der Waals surface area contributed by atoms with Crippen LogP contribution in [-0.2, 0) is 10.0 Å². The van der Waals surface area contributed by atoms with E-state index in [1.165, 1.54) is 17.9 Å². The molecular weight excluding hydrogens is 430 g/mol. The second kappa shape index (κ2) is 9.03. The maximum atomic E-state index is 12.9. The molecule has 0 bridgehead atoms. The molecule has 0 saturated carbocycles. The van der Waals surface area contributed by atoms with Gasteiger partial charge in [0.15, 0.2) is 0 Å². The Labute approximate surface area is 185 Å². The summed E-state index contributed by atoms with van der Waals surface area (Å²) in [5.41, 5.74) is 2.63. The smallest absolute Gasteiger partial charge is 0.277 e. The molecule has 1 aliphatic heterocycles. The highest BCUT2D eigenvalue weighted by Crippen LogP contribution is 2.25. The number of sulfonamides is 1. The van der Waals surface area contributed by atoms with E-state index in [1.54, 1.807) is 18.2 Å². The Morgan fingerprint density at radius 1 is 1.16 bits per heavy atom. The number of fused-ring (bicyclic) bond motifs is 1. The predicted octanol–water partition coefficient (Wildman–Crippen LogP) is 2.11. The van der Waals surface area contributed by atoms with Crippen molar-refractivity contribution in [2.24, 2.45) is 5.92 Å². The predicted molar refractivity (Wildman–Crippen MR) is 120 cm³/mol. The van der Waals surface area contributed by atoms with E-state index >= 15 is 0 Å². The lowest BCUT2D eigenvalue weighted by Crippen LogP contribution is -2.42. The summed E-state index contributed by atoms with van der Waals surface area (Å²) in [5.74, 6) is -0.387. The third-order valence-corrected chi connectivity index (χ3v) is 6.98. The average molecular weight is 454 g/mol. The average Bonchev–Trinajstić information content (AvgIpc) is 2.83. The van der Waals surface area contributed by atoms with Gasteiger partial charge in [-0.05, 0) is 29.3 Å². The molecule has 0 spiro atoms. The number of anilines is 1. The summed E-state index contributed by atoms with van der Waals surface area (Å²) in [6.07, 6.45) is 3.33. The zero-order chi connectivity index (χ0) is 22.7. The van der Waals surface area contributed by atoms with Crippen molar-refractivity contribution in [1.82, 2.24) is 20.2 Å². The van der Waals surface area contributed by atoms with E-state index in [9.17, 15) is 13.2 Å². The Hall–Kier alpha value is -3.34. The van der Waals surface area contributed by atoms with Crippen LogP contribution in [0.15, 0.2) is 71.9 Å². The standard InChI is InChI=1S/C22H23N5O4S/c1-15-8-9-27(22-23-11-18(12-24-22)21(28)26-29)14-19(15)13-25-32(30,31)20-7-6-16-4-2-3-5-17(16)10-20/h2-7,10-12,19,25,29H,1,8-9,13-14H2,(H,26,28)/t19-/m1/s1. The lowest BCUT2D eigenvalue weighted by atomic mass is 9.93. The highest BCUT2D eigenvalue weighted by atomic mass is 32.2. The zero-order valence-corrected chi connectivity index (χ0v) is 18.0. The number of piperidine rings is 1. The number of nitrogens with one attached hydrogen (secondary N) is 2. The fraction of sp³-hybridized carbons (Fsp3) is 0.227. The first-order valence-electron chi connectivity index (χ1n) is 10.0. The number of benzene rings is 2. The van der Waals surface area contributed by atoms with Gasteiger partial charge in [-0.3, -0.25) is 10.0 Å². The molecule has 1 fully saturated rings. The minimum atomic E-state index is -3.68. The molecule has 1 aliphatic rings. The van der Waals surface area contributed by atoms with E-state index in [4.69, 9.17) is 5.21 Å². The molecule has 3 N–H and O–H groups in total. The number of amides is 1. The number of hydrogen-bond acceptors (Lipinski definition) is 7. The summed E-state index contributed by atoms with van der Waals surface area (Å²) in [5, 5.41) is 10.5. The lowest BCUT2D eigenvalue weighted by Gasteiger charge is -2.34. The van der Waals surface area contributed by atoms with Gasteiger partial charge in [-0.25, -0.2) is 28.6 Å². The van der Waals surface area contributed by atoms with Crippen LogP contribution in [0.4, 0.5) is 5.95 Å². The Kier molecular flexibility index (Phi) is 6.17. The lowest BCUT2D eigenvalue weighted by molar-refractivity contribution is 0.0705. The van der Waals surface area contributed by atoms with Crippen LogP contribution in [0.1, 0.15) is 16.8 Å². The minimum Gasteiger partial charge on any atom is -0.340 e. The van der Waals surface area contributed by atoms with Crippen molar-refractivity contribution < 1.29 is 18.4 Å². The summed E-state index contributed by atoms with van der Waals surface area (Å²) in [6, 6.07) is 12.7. The molecule has 2 heterocycles. The van der Waals surface area contributed by atoms with Gasteiger partial charge in [0.1, 0.15) is 0 Å². The normalized spacial score (nSPS) is 16.8. The van der Waals surface area contributed by atoms with Gasteiger partial charge in [0.25, 0.3) is 5.91 Å². The number of carbonyl (C=O) groups excluding carboxylic acids is 1. The quantitative estimate of drug-likeness (QED) is 0.297. The van der Waals surface area contributed by atoms with Gasteiger partial charge in [0.2, 0.25) is 16.0 Å².